The Bertz CT molecular complexity index is 524. The van der Waals surface area contributed by atoms with E-state index in [1.165, 1.54) is 0 Å². The van der Waals surface area contributed by atoms with Crippen LogP contribution in [0.4, 0.5) is 0 Å². The Hall–Kier alpha value is -2.21. The summed E-state index contributed by atoms with van der Waals surface area (Å²) >= 11 is 0. The van der Waals surface area contributed by atoms with E-state index in [2.05, 4.69) is 10.2 Å². The quantitative estimate of drug-likeness (QED) is 0.741. The summed E-state index contributed by atoms with van der Waals surface area (Å²) in [7, 11) is 0. The average molecular weight is 262 g/mol. The van der Waals surface area contributed by atoms with Crippen LogP contribution in [0.2, 0.25) is 0 Å². The van der Waals surface area contributed by atoms with Gasteiger partial charge in [0.1, 0.15) is 6.61 Å². The standard InChI is InChI=1S/C13H14N2O4/c1-2-18-13(16)12-15-14-11(19-12)9-17-8-10-6-4-3-5-7-10/h3-7H,2,8-9H2,1H3. The second kappa shape index (κ2) is 6.65. The smallest absolute Gasteiger partial charge is 0.396 e. The van der Waals surface area contributed by atoms with Crippen LogP contribution in [-0.2, 0) is 22.7 Å². The summed E-state index contributed by atoms with van der Waals surface area (Å²) < 4.78 is 15.3. The molecular weight excluding hydrogens is 248 g/mol. The van der Waals surface area contributed by atoms with Crippen LogP contribution in [0.3, 0.4) is 0 Å². The maximum atomic E-state index is 11.3. The maximum Gasteiger partial charge on any atom is 0.396 e. The number of ether oxygens (including phenoxy) is 2. The Morgan fingerprint density at radius 3 is 2.74 bits per heavy atom. The Labute approximate surface area is 110 Å². The van der Waals surface area contributed by atoms with Gasteiger partial charge in [-0.25, -0.2) is 4.79 Å². The van der Waals surface area contributed by atoms with Gasteiger partial charge in [-0.3, -0.25) is 0 Å². The van der Waals surface area contributed by atoms with Crippen LogP contribution in [0.1, 0.15) is 29.1 Å². The molecule has 2 rings (SSSR count). The van der Waals surface area contributed by atoms with Crippen molar-refractivity contribution in [3.63, 3.8) is 0 Å². The van der Waals surface area contributed by atoms with Crippen LogP contribution in [0.5, 0.6) is 0 Å². The number of carbonyl (C=O) groups is 1. The highest BCUT2D eigenvalue weighted by Crippen LogP contribution is 2.06. The number of nitrogens with zero attached hydrogens (tertiary/aromatic N) is 2. The molecule has 0 unspecified atom stereocenters. The number of hydrogen-bond donors (Lipinski definition) is 0. The van der Waals surface area contributed by atoms with Gasteiger partial charge in [-0.05, 0) is 12.5 Å². The molecule has 0 aliphatic rings. The van der Waals surface area contributed by atoms with Crippen molar-refractivity contribution in [3.05, 3.63) is 47.7 Å². The summed E-state index contributed by atoms with van der Waals surface area (Å²) in [5, 5.41) is 7.30. The predicted octanol–water partition coefficient (Wildman–Crippen LogP) is 1.96. The fourth-order valence-electron chi connectivity index (χ4n) is 1.42. The minimum absolute atomic E-state index is 0.153. The van der Waals surface area contributed by atoms with Gasteiger partial charge in [0.2, 0.25) is 5.89 Å². The summed E-state index contributed by atoms with van der Waals surface area (Å²) in [6, 6.07) is 9.72. The summed E-state index contributed by atoms with van der Waals surface area (Å²) in [4.78, 5) is 11.3. The van der Waals surface area contributed by atoms with Crippen molar-refractivity contribution >= 4 is 5.97 Å². The molecule has 1 aromatic carbocycles. The first-order chi connectivity index (χ1) is 9.29. The fourth-order valence-corrected chi connectivity index (χ4v) is 1.42. The van der Waals surface area contributed by atoms with Crippen LogP contribution in [-0.4, -0.2) is 22.8 Å². The van der Waals surface area contributed by atoms with E-state index in [-0.39, 0.29) is 25.0 Å². The van der Waals surface area contributed by atoms with E-state index in [1.807, 2.05) is 30.3 Å². The highest BCUT2D eigenvalue weighted by Gasteiger charge is 2.15. The lowest BCUT2D eigenvalue weighted by Crippen LogP contribution is -2.04. The van der Waals surface area contributed by atoms with Gasteiger partial charge in [0.15, 0.2) is 0 Å². The summed E-state index contributed by atoms with van der Waals surface area (Å²) in [6.45, 7) is 2.57. The van der Waals surface area contributed by atoms with Gasteiger partial charge >= 0.3 is 11.9 Å². The van der Waals surface area contributed by atoms with E-state index in [0.717, 1.165) is 5.56 Å². The Balaban J connectivity index is 1.82. The lowest BCUT2D eigenvalue weighted by atomic mass is 10.2. The number of hydrogen-bond acceptors (Lipinski definition) is 6. The Morgan fingerprint density at radius 2 is 2.00 bits per heavy atom. The molecule has 0 saturated heterocycles. The van der Waals surface area contributed by atoms with Crippen molar-refractivity contribution in [3.8, 4) is 0 Å². The molecule has 0 fully saturated rings. The largest absolute Gasteiger partial charge is 0.459 e. The Kier molecular flexibility index (Phi) is 4.63. The van der Waals surface area contributed by atoms with Crippen LogP contribution in [0.15, 0.2) is 34.7 Å². The van der Waals surface area contributed by atoms with Crippen molar-refractivity contribution in [2.24, 2.45) is 0 Å². The van der Waals surface area contributed by atoms with E-state index < -0.39 is 5.97 Å². The van der Waals surface area contributed by atoms with Gasteiger partial charge in [0, 0.05) is 0 Å². The third-order valence-electron chi connectivity index (χ3n) is 2.25. The average Bonchev–Trinajstić information content (AvgIpc) is 2.89. The van der Waals surface area contributed by atoms with Gasteiger partial charge < -0.3 is 13.9 Å². The Morgan fingerprint density at radius 1 is 1.21 bits per heavy atom. The summed E-state index contributed by atoms with van der Waals surface area (Å²) in [6.07, 6.45) is 0. The molecule has 0 aliphatic carbocycles. The topological polar surface area (TPSA) is 74.5 Å². The van der Waals surface area contributed by atoms with E-state index in [1.54, 1.807) is 6.92 Å². The second-order valence-corrected chi connectivity index (χ2v) is 3.70. The molecule has 1 aromatic heterocycles. The monoisotopic (exact) mass is 262 g/mol. The molecule has 6 nitrogen and oxygen atoms in total. The van der Waals surface area contributed by atoms with E-state index in [4.69, 9.17) is 13.9 Å². The maximum absolute atomic E-state index is 11.3. The van der Waals surface area contributed by atoms with Crippen LogP contribution < -0.4 is 0 Å². The zero-order chi connectivity index (χ0) is 13.5. The molecule has 0 amide bonds. The predicted molar refractivity (Wildman–Crippen MR) is 65.2 cm³/mol. The lowest BCUT2D eigenvalue weighted by Gasteiger charge is -2.00. The first-order valence-electron chi connectivity index (χ1n) is 5.90. The van der Waals surface area contributed by atoms with Gasteiger partial charge in [-0.2, -0.15) is 0 Å². The molecule has 0 spiro atoms. The minimum Gasteiger partial charge on any atom is -0.459 e. The first kappa shape index (κ1) is 13.2. The first-order valence-corrected chi connectivity index (χ1v) is 5.90. The van der Waals surface area contributed by atoms with Crippen LogP contribution in [0, 0.1) is 0 Å². The molecule has 100 valence electrons. The molecule has 0 bridgehead atoms. The zero-order valence-electron chi connectivity index (χ0n) is 10.5. The molecular formula is C13H14N2O4. The highest BCUT2D eigenvalue weighted by molar-refractivity contribution is 5.83. The van der Waals surface area contributed by atoms with Crippen molar-refractivity contribution in [2.45, 2.75) is 20.1 Å². The summed E-state index contributed by atoms with van der Waals surface area (Å²) in [5.74, 6) is -0.525. The molecule has 1 heterocycles. The number of carbonyl (C=O) groups excluding carboxylic acids is 1. The van der Waals surface area contributed by atoms with E-state index in [9.17, 15) is 4.79 Å². The van der Waals surface area contributed by atoms with Gasteiger partial charge in [-0.1, -0.05) is 30.3 Å². The number of aromatic nitrogens is 2. The van der Waals surface area contributed by atoms with E-state index >= 15 is 0 Å². The molecule has 0 radical (unpaired) electrons. The molecule has 0 atom stereocenters. The van der Waals surface area contributed by atoms with Crippen molar-refractivity contribution in [1.82, 2.24) is 10.2 Å². The molecule has 2 aromatic rings. The van der Waals surface area contributed by atoms with Crippen molar-refractivity contribution in [1.29, 1.82) is 0 Å². The normalized spacial score (nSPS) is 10.4. The highest BCUT2D eigenvalue weighted by atomic mass is 16.5. The second-order valence-electron chi connectivity index (χ2n) is 3.70. The minimum atomic E-state index is -0.621. The fraction of sp³-hybridized carbons (Fsp3) is 0.308. The third kappa shape index (κ3) is 3.89. The van der Waals surface area contributed by atoms with Crippen LogP contribution >= 0.6 is 0 Å². The third-order valence-corrected chi connectivity index (χ3v) is 2.25. The summed E-state index contributed by atoms with van der Waals surface area (Å²) in [5.41, 5.74) is 1.05. The molecule has 0 aliphatic heterocycles. The SMILES string of the molecule is CCOC(=O)c1nnc(COCc2ccccc2)o1. The zero-order valence-corrected chi connectivity index (χ0v) is 10.5. The van der Waals surface area contributed by atoms with Gasteiger partial charge in [-0.15, -0.1) is 10.2 Å². The molecule has 19 heavy (non-hydrogen) atoms. The number of rotatable bonds is 6. The molecule has 0 N–H and O–H groups in total. The van der Waals surface area contributed by atoms with Gasteiger partial charge in [0.25, 0.3) is 0 Å². The number of benzene rings is 1. The van der Waals surface area contributed by atoms with Gasteiger partial charge in [0.05, 0.1) is 13.2 Å². The van der Waals surface area contributed by atoms with Crippen LogP contribution in [0.25, 0.3) is 0 Å². The van der Waals surface area contributed by atoms with E-state index in [0.29, 0.717) is 6.61 Å². The van der Waals surface area contributed by atoms with Crippen molar-refractivity contribution in [2.75, 3.05) is 6.61 Å². The van der Waals surface area contributed by atoms with Crippen molar-refractivity contribution < 1.29 is 18.7 Å². The molecule has 6 heteroatoms. The number of esters is 1. The lowest BCUT2D eigenvalue weighted by molar-refractivity contribution is 0.0466. The molecule has 0 saturated carbocycles.